The van der Waals surface area contributed by atoms with Crippen LogP contribution in [0.1, 0.15) is 49.8 Å². The molecule has 0 unspecified atom stereocenters. The van der Waals surface area contributed by atoms with Crippen molar-refractivity contribution in [3.8, 4) is 0 Å². The maximum atomic E-state index is 13.9. The molecule has 12 heteroatoms. The van der Waals surface area contributed by atoms with Gasteiger partial charge in [0, 0.05) is 32.1 Å². The smallest absolute Gasteiger partial charge is 0.243 e. The van der Waals surface area contributed by atoms with E-state index < -0.39 is 57.2 Å². The molecule has 9 nitrogen and oxygen atoms in total. The number of aliphatic hydroxyl groups excluding tert-OH is 1. The fourth-order valence-electron chi connectivity index (χ4n) is 4.30. The summed E-state index contributed by atoms with van der Waals surface area (Å²) in [6.07, 6.45) is 0.399. The Morgan fingerprint density at radius 2 is 1.68 bits per heavy atom. The van der Waals surface area contributed by atoms with Crippen LogP contribution >= 0.6 is 0 Å². The first kappa shape index (κ1) is 34.3. The van der Waals surface area contributed by atoms with Crippen molar-refractivity contribution in [2.24, 2.45) is 5.73 Å². The SMILES string of the molecule is CCCCS(=O)(=O)C[C@@H](NC(=O)CCN)C(=O)N[C@@H](Cc1cc(F)cc(F)c1)[C@H](O)CNCc1cccc(CC)c1. The van der Waals surface area contributed by atoms with E-state index in [0.717, 1.165) is 29.7 Å². The van der Waals surface area contributed by atoms with E-state index >= 15 is 0 Å². The number of rotatable bonds is 18. The zero-order valence-electron chi connectivity index (χ0n) is 23.7. The number of carbonyl (C=O) groups is 2. The molecule has 0 aliphatic rings. The molecule has 2 rings (SSSR count). The van der Waals surface area contributed by atoms with Gasteiger partial charge in [-0.1, -0.05) is 44.5 Å². The summed E-state index contributed by atoms with van der Waals surface area (Å²) < 4.78 is 53.1. The zero-order chi connectivity index (χ0) is 30.4. The van der Waals surface area contributed by atoms with Crippen molar-refractivity contribution in [1.29, 1.82) is 0 Å². The maximum absolute atomic E-state index is 13.9. The van der Waals surface area contributed by atoms with Crippen LogP contribution < -0.4 is 21.7 Å². The van der Waals surface area contributed by atoms with E-state index in [1.165, 1.54) is 0 Å². The van der Waals surface area contributed by atoms with E-state index in [4.69, 9.17) is 5.73 Å². The van der Waals surface area contributed by atoms with E-state index in [0.29, 0.717) is 25.5 Å². The third-order valence-electron chi connectivity index (χ3n) is 6.50. The third-order valence-corrected chi connectivity index (χ3v) is 8.26. The van der Waals surface area contributed by atoms with E-state index in [-0.39, 0.29) is 37.2 Å². The van der Waals surface area contributed by atoms with Crippen LogP contribution in [0.2, 0.25) is 0 Å². The molecule has 41 heavy (non-hydrogen) atoms. The summed E-state index contributed by atoms with van der Waals surface area (Å²) in [4.78, 5) is 25.6. The minimum Gasteiger partial charge on any atom is -0.390 e. The summed E-state index contributed by atoms with van der Waals surface area (Å²) in [6, 6.07) is 8.29. The molecule has 2 aromatic rings. The van der Waals surface area contributed by atoms with Crippen LogP contribution in [0.15, 0.2) is 42.5 Å². The quantitative estimate of drug-likeness (QED) is 0.176. The van der Waals surface area contributed by atoms with Gasteiger partial charge in [-0.15, -0.1) is 0 Å². The van der Waals surface area contributed by atoms with Gasteiger partial charge in [0.2, 0.25) is 11.8 Å². The minimum atomic E-state index is -3.71. The molecule has 0 aliphatic heterocycles. The summed E-state index contributed by atoms with van der Waals surface area (Å²) >= 11 is 0. The van der Waals surface area contributed by atoms with Gasteiger partial charge in [-0.3, -0.25) is 9.59 Å². The lowest BCUT2D eigenvalue weighted by Gasteiger charge is -2.27. The normalized spacial score (nSPS) is 13.8. The van der Waals surface area contributed by atoms with Crippen molar-refractivity contribution < 1.29 is 31.9 Å². The maximum Gasteiger partial charge on any atom is 0.243 e. The fraction of sp³-hybridized carbons (Fsp3) is 0.517. The van der Waals surface area contributed by atoms with Crippen LogP contribution in [0.5, 0.6) is 0 Å². The van der Waals surface area contributed by atoms with Crippen molar-refractivity contribution >= 4 is 21.7 Å². The van der Waals surface area contributed by atoms with Gasteiger partial charge in [-0.2, -0.15) is 0 Å². The largest absolute Gasteiger partial charge is 0.390 e. The van der Waals surface area contributed by atoms with Crippen LogP contribution in [0, 0.1) is 11.6 Å². The van der Waals surface area contributed by atoms with Gasteiger partial charge in [0.05, 0.1) is 23.7 Å². The van der Waals surface area contributed by atoms with E-state index in [1.807, 2.05) is 38.1 Å². The van der Waals surface area contributed by atoms with E-state index in [1.54, 1.807) is 0 Å². The topological polar surface area (TPSA) is 151 Å². The fourth-order valence-corrected chi connectivity index (χ4v) is 5.94. The van der Waals surface area contributed by atoms with Crippen LogP contribution in [0.3, 0.4) is 0 Å². The molecular weight excluding hydrogens is 554 g/mol. The molecule has 0 saturated carbocycles. The summed E-state index contributed by atoms with van der Waals surface area (Å²) in [5.41, 5.74) is 7.75. The van der Waals surface area contributed by atoms with Gasteiger partial charge in [-0.25, -0.2) is 17.2 Å². The molecule has 0 radical (unpaired) electrons. The number of halogens is 2. The van der Waals surface area contributed by atoms with Gasteiger partial charge in [-0.05, 0) is 48.1 Å². The predicted octanol–water partition coefficient (Wildman–Crippen LogP) is 1.75. The van der Waals surface area contributed by atoms with Crippen LogP contribution in [-0.4, -0.2) is 68.1 Å². The number of nitrogens with one attached hydrogen (secondary N) is 3. The average Bonchev–Trinajstić information content (AvgIpc) is 2.90. The number of benzene rings is 2. The molecule has 0 spiro atoms. The zero-order valence-corrected chi connectivity index (χ0v) is 24.5. The molecule has 6 N–H and O–H groups in total. The Kier molecular flexibility index (Phi) is 14.3. The number of hydrogen-bond acceptors (Lipinski definition) is 7. The molecule has 0 fully saturated rings. The van der Waals surface area contributed by atoms with Crippen molar-refractivity contribution in [2.75, 3.05) is 24.6 Å². The highest BCUT2D eigenvalue weighted by molar-refractivity contribution is 7.91. The third kappa shape index (κ3) is 12.6. The van der Waals surface area contributed by atoms with Crippen LogP contribution in [0.4, 0.5) is 8.78 Å². The number of aryl methyl sites for hydroxylation is 1. The Morgan fingerprint density at radius 1 is 1.00 bits per heavy atom. The van der Waals surface area contributed by atoms with Gasteiger partial charge < -0.3 is 26.8 Å². The Morgan fingerprint density at radius 3 is 2.32 bits per heavy atom. The van der Waals surface area contributed by atoms with E-state index in [2.05, 4.69) is 16.0 Å². The summed E-state index contributed by atoms with van der Waals surface area (Å²) in [7, 11) is -3.71. The molecule has 228 valence electrons. The lowest BCUT2D eigenvalue weighted by molar-refractivity contribution is -0.129. The highest BCUT2D eigenvalue weighted by atomic mass is 32.2. The first-order valence-electron chi connectivity index (χ1n) is 13.9. The lowest BCUT2D eigenvalue weighted by Crippen LogP contribution is -2.56. The average molecular weight is 597 g/mol. The predicted molar refractivity (Wildman–Crippen MR) is 155 cm³/mol. The summed E-state index contributed by atoms with van der Waals surface area (Å²) in [5.74, 6) is -3.87. The Labute approximate surface area is 241 Å². The molecule has 0 aromatic heterocycles. The number of sulfone groups is 1. The number of amides is 2. The molecule has 2 aromatic carbocycles. The molecule has 0 heterocycles. The van der Waals surface area contributed by atoms with E-state index in [9.17, 15) is 31.9 Å². The second kappa shape index (κ2) is 17.1. The van der Waals surface area contributed by atoms with Crippen molar-refractivity contribution in [3.05, 3.63) is 70.8 Å². The van der Waals surface area contributed by atoms with Crippen molar-refractivity contribution in [1.82, 2.24) is 16.0 Å². The van der Waals surface area contributed by atoms with Crippen LogP contribution in [-0.2, 0) is 38.8 Å². The van der Waals surface area contributed by atoms with Crippen molar-refractivity contribution in [2.45, 2.75) is 70.7 Å². The molecule has 3 atom stereocenters. The Bertz CT molecular complexity index is 1230. The molecule has 0 aliphatic carbocycles. The standard InChI is InChI=1S/C29H42F2N4O5S/c1-3-5-11-41(39,40)19-26(34-28(37)9-10-32)29(38)35-25(15-22-13-23(30)16-24(31)14-22)27(36)18-33-17-21-8-6-7-20(4-2)12-21/h6-8,12-14,16,25-27,33,36H,3-5,9-11,15,17-19,32H2,1-2H3,(H,34,37)(H,35,38)/t25-,26+,27+/m0/s1. The Balaban J connectivity index is 2.24. The van der Waals surface area contributed by atoms with Gasteiger partial charge in [0.1, 0.15) is 17.7 Å². The number of aliphatic hydroxyl groups is 1. The highest BCUT2D eigenvalue weighted by Crippen LogP contribution is 2.13. The number of hydrogen-bond donors (Lipinski definition) is 5. The second-order valence-electron chi connectivity index (χ2n) is 10.1. The van der Waals surface area contributed by atoms with Gasteiger partial charge >= 0.3 is 0 Å². The lowest BCUT2D eigenvalue weighted by atomic mass is 10.00. The second-order valence-corrected chi connectivity index (χ2v) is 12.3. The summed E-state index contributed by atoms with van der Waals surface area (Å²) in [5, 5.41) is 19.2. The highest BCUT2D eigenvalue weighted by Gasteiger charge is 2.30. The number of unbranched alkanes of at least 4 members (excludes halogenated alkanes) is 1. The van der Waals surface area contributed by atoms with Crippen molar-refractivity contribution in [3.63, 3.8) is 0 Å². The molecule has 0 bridgehead atoms. The molecule has 0 saturated heterocycles. The Hall–Kier alpha value is -2.93. The van der Waals surface area contributed by atoms with Gasteiger partial charge in [0.25, 0.3) is 0 Å². The number of carbonyl (C=O) groups excluding carboxylic acids is 2. The first-order chi connectivity index (χ1) is 19.5. The summed E-state index contributed by atoms with van der Waals surface area (Å²) in [6.45, 7) is 4.31. The van der Waals surface area contributed by atoms with Crippen LogP contribution in [0.25, 0.3) is 0 Å². The first-order valence-corrected chi connectivity index (χ1v) is 15.7. The minimum absolute atomic E-state index is 0.00205. The molecular formula is C29H42F2N4O5S. The molecule has 2 amide bonds. The monoisotopic (exact) mass is 596 g/mol. The number of nitrogens with two attached hydrogens (primary N) is 1. The van der Waals surface area contributed by atoms with Gasteiger partial charge in [0.15, 0.2) is 9.84 Å².